The number of aromatic nitrogens is 2. The Morgan fingerprint density at radius 2 is 1.53 bits per heavy atom. The van der Waals surface area contributed by atoms with E-state index in [0.717, 1.165) is 21.1 Å². The Morgan fingerprint density at radius 1 is 0.861 bits per heavy atom. The van der Waals surface area contributed by atoms with Gasteiger partial charge in [-0.25, -0.2) is 9.78 Å². The van der Waals surface area contributed by atoms with E-state index < -0.39 is 5.97 Å². The molecule has 4 aromatic carbocycles. The zero-order valence-corrected chi connectivity index (χ0v) is 22.0. The van der Waals surface area contributed by atoms with Crippen molar-refractivity contribution >= 4 is 67.8 Å². The summed E-state index contributed by atoms with van der Waals surface area (Å²) in [6, 6.07) is 30.0. The van der Waals surface area contributed by atoms with Gasteiger partial charge >= 0.3 is 5.97 Å². The summed E-state index contributed by atoms with van der Waals surface area (Å²) in [5.74, 6) is 0.286. The second-order valence-corrected chi connectivity index (χ2v) is 9.76. The van der Waals surface area contributed by atoms with Crippen molar-refractivity contribution < 1.29 is 9.53 Å². The molecular weight excluding hydrogens is 559 g/mol. The number of hydrogen-bond donors (Lipinski definition) is 0. The molecule has 36 heavy (non-hydrogen) atoms. The quantitative estimate of drug-likeness (QED) is 0.116. The molecule has 0 aliphatic rings. The molecule has 0 saturated heterocycles. The lowest BCUT2D eigenvalue weighted by Crippen LogP contribution is -2.12. The van der Waals surface area contributed by atoms with Crippen LogP contribution in [0.4, 0.5) is 0 Å². The van der Waals surface area contributed by atoms with E-state index >= 15 is 0 Å². The fourth-order valence-corrected chi connectivity index (χ4v) is 4.56. The number of ether oxygens (including phenoxy) is 1. The molecule has 5 rings (SSSR count). The predicted octanol–water partition coefficient (Wildman–Crippen LogP) is 8.30. The number of hydrogen-bond acceptors (Lipinski definition) is 3. The summed E-state index contributed by atoms with van der Waals surface area (Å²) in [6.07, 6.45) is 1.72. The molecule has 0 aliphatic carbocycles. The summed E-state index contributed by atoms with van der Waals surface area (Å²) >= 11 is 16.3. The molecule has 0 atom stereocenters. The lowest BCUT2D eigenvalue weighted by Gasteiger charge is -2.12. The number of halogens is 3. The molecule has 0 aliphatic heterocycles. The lowest BCUT2D eigenvalue weighted by atomic mass is 10.1. The van der Waals surface area contributed by atoms with Gasteiger partial charge in [-0.15, -0.1) is 0 Å². The van der Waals surface area contributed by atoms with Gasteiger partial charge in [0.15, 0.2) is 0 Å². The van der Waals surface area contributed by atoms with Crippen LogP contribution in [0.5, 0.6) is 5.75 Å². The number of fused-ring (bicyclic) bond motifs is 1. The summed E-state index contributed by atoms with van der Waals surface area (Å²) in [5, 5.41) is 0.766. The van der Waals surface area contributed by atoms with Crippen molar-refractivity contribution in [2.75, 3.05) is 0 Å². The van der Waals surface area contributed by atoms with E-state index in [0.29, 0.717) is 28.0 Å². The monoisotopic (exact) mass is 576 g/mol. The molecule has 0 bridgehead atoms. The number of esters is 1. The van der Waals surface area contributed by atoms with Gasteiger partial charge in [0.05, 0.1) is 21.6 Å². The van der Waals surface area contributed by atoms with Gasteiger partial charge in [-0.2, -0.15) is 0 Å². The molecule has 0 amide bonds. The standard InChI is InChI=1S/C29H19BrCl2N2O2/c30-20-15-13-19(14-16-20)18-34-26-11-5-4-10-25(26)33-28(34)17-22(21-7-1-2-8-23(21)31)29(35)36-27-12-6-3-9-24(27)32/h1-17H,18H2/b22-17+. The first kappa shape index (κ1) is 24.3. The van der Waals surface area contributed by atoms with Crippen molar-refractivity contribution in [2.24, 2.45) is 0 Å². The fraction of sp³-hybridized carbons (Fsp3) is 0.0345. The second-order valence-electron chi connectivity index (χ2n) is 8.03. The van der Waals surface area contributed by atoms with Crippen molar-refractivity contribution in [3.8, 4) is 5.75 Å². The van der Waals surface area contributed by atoms with E-state index in [2.05, 4.69) is 20.5 Å². The number of carbonyl (C=O) groups excluding carboxylic acids is 1. The largest absolute Gasteiger partial charge is 0.421 e. The maximum Gasteiger partial charge on any atom is 0.344 e. The van der Waals surface area contributed by atoms with Crippen molar-refractivity contribution in [3.05, 3.63) is 129 Å². The first-order valence-corrected chi connectivity index (χ1v) is 12.7. The highest BCUT2D eigenvalue weighted by Gasteiger charge is 2.20. The second kappa shape index (κ2) is 10.7. The molecule has 178 valence electrons. The Morgan fingerprint density at radius 3 is 2.28 bits per heavy atom. The van der Waals surface area contributed by atoms with Crippen LogP contribution in [0, 0.1) is 0 Å². The van der Waals surface area contributed by atoms with E-state index in [1.165, 1.54) is 0 Å². The maximum absolute atomic E-state index is 13.5. The third-order valence-electron chi connectivity index (χ3n) is 5.63. The summed E-state index contributed by atoms with van der Waals surface area (Å²) in [7, 11) is 0. The third-order valence-corrected chi connectivity index (χ3v) is 6.81. The Bertz CT molecular complexity index is 1590. The minimum absolute atomic E-state index is 0.269. The smallest absolute Gasteiger partial charge is 0.344 e. The minimum Gasteiger partial charge on any atom is -0.421 e. The molecule has 7 heteroatoms. The molecule has 0 unspecified atom stereocenters. The van der Waals surface area contributed by atoms with Crippen LogP contribution in [0.2, 0.25) is 10.0 Å². The highest BCUT2D eigenvalue weighted by atomic mass is 79.9. The average molecular weight is 578 g/mol. The Kier molecular flexibility index (Phi) is 7.23. The van der Waals surface area contributed by atoms with Gasteiger partial charge in [0.25, 0.3) is 0 Å². The Hall–Kier alpha value is -3.38. The van der Waals surface area contributed by atoms with Gasteiger partial charge in [0.1, 0.15) is 11.6 Å². The highest BCUT2D eigenvalue weighted by Crippen LogP contribution is 2.31. The summed E-state index contributed by atoms with van der Waals surface area (Å²) < 4.78 is 8.77. The first-order chi connectivity index (χ1) is 17.5. The van der Waals surface area contributed by atoms with Crippen molar-refractivity contribution in [1.29, 1.82) is 0 Å². The van der Waals surface area contributed by atoms with Gasteiger partial charge in [0.2, 0.25) is 0 Å². The number of para-hydroxylation sites is 3. The van der Waals surface area contributed by atoms with Gasteiger partial charge < -0.3 is 9.30 Å². The van der Waals surface area contributed by atoms with Crippen LogP contribution >= 0.6 is 39.1 Å². The molecule has 4 nitrogen and oxygen atoms in total. The molecule has 1 heterocycles. The topological polar surface area (TPSA) is 44.1 Å². The molecule has 0 spiro atoms. The predicted molar refractivity (Wildman–Crippen MR) is 149 cm³/mol. The molecule has 1 aromatic heterocycles. The Labute approximate surface area is 226 Å². The third kappa shape index (κ3) is 5.24. The van der Waals surface area contributed by atoms with Crippen LogP contribution in [0.1, 0.15) is 17.0 Å². The summed E-state index contributed by atoms with van der Waals surface area (Å²) in [5.41, 5.74) is 3.67. The zero-order chi connectivity index (χ0) is 25.1. The van der Waals surface area contributed by atoms with Gasteiger partial charge in [-0.1, -0.05) is 93.7 Å². The van der Waals surface area contributed by atoms with Gasteiger partial charge in [-0.3, -0.25) is 0 Å². The van der Waals surface area contributed by atoms with E-state index in [4.69, 9.17) is 32.9 Å². The number of nitrogens with zero attached hydrogens (tertiary/aromatic N) is 2. The number of rotatable bonds is 6. The van der Waals surface area contributed by atoms with Crippen molar-refractivity contribution in [3.63, 3.8) is 0 Å². The van der Waals surface area contributed by atoms with Gasteiger partial charge in [0, 0.05) is 21.6 Å². The number of carbonyl (C=O) groups is 1. The van der Waals surface area contributed by atoms with Crippen molar-refractivity contribution in [2.45, 2.75) is 6.54 Å². The van der Waals surface area contributed by atoms with E-state index in [1.807, 2.05) is 60.7 Å². The maximum atomic E-state index is 13.5. The first-order valence-electron chi connectivity index (χ1n) is 11.1. The minimum atomic E-state index is -0.585. The highest BCUT2D eigenvalue weighted by molar-refractivity contribution is 9.10. The molecular formula is C29H19BrCl2N2O2. The fourth-order valence-electron chi connectivity index (χ4n) is 3.88. The Balaban J connectivity index is 1.65. The number of benzene rings is 4. The van der Waals surface area contributed by atoms with E-state index in [-0.39, 0.29) is 11.3 Å². The summed E-state index contributed by atoms with van der Waals surface area (Å²) in [6.45, 7) is 0.564. The van der Waals surface area contributed by atoms with Crippen LogP contribution < -0.4 is 4.74 Å². The zero-order valence-electron chi connectivity index (χ0n) is 18.9. The average Bonchev–Trinajstić information content (AvgIpc) is 3.22. The van der Waals surface area contributed by atoms with Crippen LogP contribution in [0.25, 0.3) is 22.7 Å². The lowest BCUT2D eigenvalue weighted by molar-refractivity contribution is -0.127. The van der Waals surface area contributed by atoms with Gasteiger partial charge in [-0.05, 0) is 54.1 Å². The van der Waals surface area contributed by atoms with E-state index in [9.17, 15) is 4.79 Å². The summed E-state index contributed by atoms with van der Waals surface area (Å²) in [4.78, 5) is 18.3. The SMILES string of the molecule is O=C(Oc1ccccc1Cl)/C(=C/c1nc2ccccc2n1Cc1ccc(Br)cc1)c1ccccc1Cl. The number of imidazole rings is 1. The molecule has 5 aromatic rings. The molecule has 0 fully saturated rings. The van der Waals surface area contributed by atoms with Crippen LogP contribution in [-0.2, 0) is 11.3 Å². The normalized spacial score (nSPS) is 11.6. The van der Waals surface area contributed by atoms with Crippen LogP contribution in [-0.4, -0.2) is 15.5 Å². The van der Waals surface area contributed by atoms with Crippen molar-refractivity contribution in [1.82, 2.24) is 9.55 Å². The molecule has 0 saturated carbocycles. The molecule has 0 radical (unpaired) electrons. The van der Waals surface area contributed by atoms with Crippen LogP contribution in [0.3, 0.4) is 0 Å². The van der Waals surface area contributed by atoms with Crippen LogP contribution in [0.15, 0.2) is 102 Å². The molecule has 0 N–H and O–H groups in total. The van der Waals surface area contributed by atoms with E-state index in [1.54, 1.807) is 42.5 Å².